The molecular weight excluding hydrogens is 386 g/mol. The quantitative estimate of drug-likeness (QED) is 0.716. The number of rotatable bonds is 7. The largest absolute Gasteiger partial charge is 0.486 e. The van der Waals surface area contributed by atoms with E-state index in [0.717, 1.165) is 5.56 Å². The molecule has 9 heteroatoms. The van der Waals surface area contributed by atoms with E-state index in [-0.39, 0.29) is 18.0 Å². The molecule has 28 heavy (non-hydrogen) atoms. The van der Waals surface area contributed by atoms with Crippen LogP contribution >= 0.6 is 0 Å². The van der Waals surface area contributed by atoms with Gasteiger partial charge in [0.15, 0.2) is 21.3 Å². The second-order valence-electron chi connectivity index (χ2n) is 6.18. The van der Waals surface area contributed by atoms with Gasteiger partial charge < -0.3 is 24.6 Å². The van der Waals surface area contributed by atoms with Gasteiger partial charge in [0.1, 0.15) is 19.8 Å². The average Bonchev–Trinajstić information content (AvgIpc) is 2.71. The molecule has 0 aromatic heterocycles. The van der Waals surface area contributed by atoms with Gasteiger partial charge in [-0.15, -0.1) is 0 Å². The Hall–Kier alpha value is -2.78. The van der Waals surface area contributed by atoms with Crippen molar-refractivity contribution in [1.82, 2.24) is 5.32 Å². The fourth-order valence-corrected chi connectivity index (χ4v) is 3.98. The Bertz CT molecular complexity index is 915. The Kier molecular flexibility index (Phi) is 6.37. The highest BCUT2D eigenvalue weighted by molar-refractivity contribution is 7.91. The smallest absolute Gasteiger partial charge is 0.407 e. The van der Waals surface area contributed by atoms with Gasteiger partial charge in [0.05, 0.1) is 16.8 Å². The van der Waals surface area contributed by atoms with E-state index in [0.29, 0.717) is 24.7 Å². The number of ether oxygens (including phenoxy) is 3. The number of hydrogen-bond acceptors (Lipinski definition) is 7. The van der Waals surface area contributed by atoms with Gasteiger partial charge in [-0.25, -0.2) is 13.2 Å². The van der Waals surface area contributed by atoms with E-state index in [1.54, 1.807) is 0 Å². The molecular formula is C19H21NO7S. The van der Waals surface area contributed by atoms with Crippen LogP contribution in [0.1, 0.15) is 5.56 Å². The molecule has 2 N–H and O–H groups in total. The number of aliphatic hydroxyl groups excluding tert-OH is 1. The highest BCUT2D eigenvalue weighted by Gasteiger charge is 2.23. The fourth-order valence-electron chi connectivity index (χ4n) is 2.60. The zero-order valence-corrected chi connectivity index (χ0v) is 15.9. The lowest BCUT2D eigenvalue weighted by atomic mass is 10.2. The molecule has 1 atom stereocenters. The number of benzene rings is 2. The predicted octanol–water partition coefficient (Wildman–Crippen LogP) is 1.52. The highest BCUT2D eigenvalue weighted by atomic mass is 32.2. The van der Waals surface area contributed by atoms with Crippen LogP contribution in [-0.4, -0.2) is 51.2 Å². The molecule has 3 rings (SSSR count). The van der Waals surface area contributed by atoms with E-state index in [1.165, 1.54) is 18.2 Å². The second-order valence-corrected chi connectivity index (χ2v) is 8.22. The van der Waals surface area contributed by atoms with Gasteiger partial charge in [0.25, 0.3) is 0 Å². The molecule has 0 saturated heterocycles. The van der Waals surface area contributed by atoms with Crippen LogP contribution < -0.4 is 14.8 Å². The van der Waals surface area contributed by atoms with Crippen LogP contribution in [0.2, 0.25) is 0 Å². The van der Waals surface area contributed by atoms with Crippen LogP contribution in [0.25, 0.3) is 0 Å². The minimum atomic E-state index is -3.77. The van der Waals surface area contributed by atoms with Crippen molar-refractivity contribution in [3.05, 3.63) is 54.1 Å². The third-order valence-electron chi connectivity index (χ3n) is 3.98. The van der Waals surface area contributed by atoms with E-state index in [9.17, 15) is 18.3 Å². The van der Waals surface area contributed by atoms with Gasteiger partial charge in [0, 0.05) is 12.6 Å². The van der Waals surface area contributed by atoms with Crippen LogP contribution in [0.4, 0.5) is 4.79 Å². The van der Waals surface area contributed by atoms with Crippen LogP contribution in [0, 0.1) is 0 Å². The van der Waals surface area contributed by atoms with E-state index >= 15 is 0 Å². The summed E-state index contributed by atoms with van der Waals surface area (Å²) in [6.45, 7) is 0.577. The monoisotopic (exact) mass is 407 g/mol. The van der Waals surface area contributed by atoms with E-state index in [4.69, 9.17) is 14.2 Å². The first-order chi connectivity index (χ1) is 13.4. The molecule has 0 radical (unpaired) electrons. The van der Waals surface area contributed by atoms with Crippen molar-refractivity contribution >= 4 is 15.9 Å². The van der Waals surface area contributed by atoms with Crippen LogP contribution in [0.15, 0.2) is 53.4 Å². The number of fused-ring (bicyclic) bond motifs is 1. The van der Waals surface area contributed by atoms with Crippen LogP contribution in [0.3, 0.4) is 0 Å². The van der Waals surface area contributed by atoms with Gasteiger partial charge in [-0.3, -0.25) is 0 Å². The maximum absolute atomic E-state index is 12.5. The molecule has 1 aliphatic rings. The molecule has 8 nitrogen and oxygen atoms in total. The van der Waals surface area contributed by atoms with Gasteiger partial charge >= 0.3 is 6.09 Å². The molecule has 1 heterocycles. The lowest BCUT2D eigenvalue weighted by molar-refractivity contribution is 0.129. The van der Waals surface area contributed by atoms with Crippen molar-refractivity contribution in [2.75, 3.05) is 25.5 Å². The summed E-state index contributed by atoms with van der Waals surface area (Å²) in [5, 5.41) is 12.4. The lowest BCUT2D eigenvalue weighted by Crippen LogP contribution is -2.36. The average molecular weight is 407 g/mol. The molecule has 150 valence electrons. The molecule has 0 fully saturated rings. The molecule has 0 saturated carbocycles. The summed E-state index contributed by atoms with van der Waals surface area (Å²) < 4.78 is 40.7. The third kappa shape index (κ3) is 5.37. The molecule has 2 aromatic carbocycles. The predicted molar refractivity (Wildman–Crippen MR) is 100 cm³/mol. The standard InChI is InChI=1S/C19H21NO7S/c21-15(11-20-19(22)27-12-14-4-2-1-3-5-14)13-28(23,24)16-6-7-17-18(10-16)26-9-8-25-17/h1-7,10,15,21H,8-9,11-13H2,(H,20,22). The summed E-state index contributed by atoms with van der Waals surface area (Å²) in [6, 6.07) is 13.4. The van der Waals surface area contributed by atoms with Crippen molar-refractivity contribution in [2.45, 2.75) is 17.6 Å². The Morgan fingerprint density at radius 2 is 1.82 bits per heavy atom. The number of aliphatic hydroxyl groups is 1. The van der Waals surface area contributed by atoms with Gasteiger partial charge in [-0.2, -0.15) is 0 Å². The molecule has 1 unspecified atom stereocenters. The number of carbonyl (C=O) groups excluding carboxylic acids is 1. The van der Waals surface area contributed by atoms with Crippen molar-refractivity contribution in [1.29, 1.82) is 0 Å². The zero-order valence-electron chi connectivity index (χ0n) is 15.0. The van der Waals surface area contributed by atoms with E-state index in [2.05, 4.69) is 5.32 Å². The number of amides is 1. The summed E-state index contributed by atoms with van der Waals surface area (Å²) in [6.07, 6.45) is -2.03. The van der Waals surface area contributed by atoms with Gasteiger partial charge in [0.2, 0.25) is 0 Å². The first-order valence-electron chi connectivity index (χ1n) is 8.69. The lowest BCUT2D eigenvalue weighted by Gasteiger charge is -2.19. The SMILES string of the molecule is O=C(NCC(O)CS(=O)(=O)c1ccc2c(c1)OCCO2)OCc1ccccc1. The number of carbonyl (C=O) groups is 1. The minimum absolute atomic E-state index is 0.0162. The van der Waals surface area contributed by atoms with Crippen molar-refractivity contribution < 1.29 is 32.5 Å². The van der Waals surface area contributed by atoms with Gasteiger partial charge in [-0.1, -0.05) is 30.3 Å². The Balaban J connectivity index is 1.49. The van der Waals surface area contributed by atoms with E-state index < -0.39 is 27.8 Å². The Morgan fingerprint density at radius 1 is 1.11 bits per heavy atom. The number of nitrogens with one attached hydrogen (secondary N) is 1. The third-order valence-corrected chi connectivity index (χ3v) is 5.78. The highest BCUT2D eigenvalue weighted by Crippen LogP contribution is 2.32. The summed E-state index contributed by atoms with van der Waals surface area (Å²) in [5.74, 6) is 0.281. The summed E-state index contributed by atoms with van der Waals surface area (Å²) >= 11 is 0. The normalized spacial score (nSPS) is 14.2. The maximum atomic E-state index is 12.5. The second kappa shape index (κ2) is 8.94. The molecule has 1 amide bonds. The zero-order chi connectivity index (χ0) is 20.0. The number of alkyl carbamates (subject to hydrolysis) is 1. The van der Waals surface area contributed by atoms with Crippen molar-refractivity contribution in [3.63, 3.8) is 0 Å². The van der Waals surface area contributed by atoms with Crippen LogP contribution in [-0.2, 0) is 21.2 Å². The first-order valence-corrected chi connectivity index (χ1v) is 10.3. The first kappa shape index (κ1) is 20.0. The summed E-state index contributed by atoms with van der Waals surface area (Å²) in [5.41, 5.74) is 0.819. The Morgan fingerprint density at radius 3 is 2.57 bits per heavy atom. The van der Waals surface area contributed by atoms with E-state index in [1.807, 2.05) is 30.3 Å². The fraction of sp³-hybridized carbons (Fsp3) is 0.316. The number of sulfone groups is 1. The topological polar surface area (TPSA) is 111 Å². The molecule has 1 aliphatic heterocycles. The molecule has 0 bridgehead atoms. The van der Waals surface area contributed by atoms with Crippen molar-refractivity contribution in [3.8, 4) is 11.5 Å². The number of hydrogen-bond donors (Lipinski definition) is 2. The summed E-state index contributed by atoms with van der Waals surface area (Å²) in [7, 11) is -3.77. The summed E-state index contributed by atoms with van der Waals surface area (Å²) in [4.78, 5) is 11.7. The van der Waals surface area contributed by atoms with Crippen molar-refractivity contribution in [2.24, 2.45) is 0 Å². The van der Waals surface area contributed by atoms with Gasteiger partial charge in [-0.05, 0) is 17.7 Å². The molecule has 0 spiro atoms. The minimum Gasteiger partial charge on any atom is -0.486 e. The molecule has 2 aromatic rings. The molecule has 0 aliphatic carbocycles. The van der Waals surface area contributed by atoms with Crippen LogP contribution in [0.5, 0.6) is 11.5 Å². The maximum Gasteiger partial charge on any atom is 0.407 e. The Labute approximate surface area is 163 Å².